The summed E-state index contributed by atoms with van der Waals surface area (Å²) in [5.74, 6) is 0.776. The smallest absolute Gasteiger partial charge is 0.339 e. The molecule has 212 valence electrons. The summed E-state index contributed by atoms with van der Waals surface area (Å²) >= 11 is 0. The molecule has 10 heteroatoms. The van der Waals surface area contributed by atoms with Crippen molar-refractivity contribution in [2.24, 2.45) is 11.8 Å². The second kappa shape index (κ2) is 12.3. The number of sulfonamides is 1. The highest BCUT2D eigenvalue weighted by Gasteiger charge is 2.31. The van der Waals surface area contributed by atoms with Crippen LogP contribution in [0, 0.1) is 11.8 Å². The number of aromatic carboxylic acids is 1. The molecular weight excluding hydrogens is 528 g/mol. The maximum absolute atomic E-state index is 13.2. The van der Waals surface area contributed by atoms with Gasteiger partial charge >= 0.3 is 5.97 Å². The number of aromatic nitrogens is 2. The topological polar surface area (TPSA) is 113 Å². The summed E-state index contributed by atoms with van der Waals surface area (Å²) in [6.45, 7) is 2.42. The Morgan fingerprint density at radius 3 is 2.30 bits per heavy atom. The van der Waals surface area contributed by atoms with E-state index in [0.29, 0.717) is 55.7 Å². The number of anilines is 1. The van der Waals surface area contributed by atoms with Crippen molar-refractivity contribution in [3.8, 4) is 5.75 Å². The Bertz CT molecular complexity index is 1420. The van der Waals surface area contributed by atoms with Crippen molar-refractivity contribution >= 4 is 21.9 Å². The minimum absolute atomic E-state index is 0.120. The summed E-state index contributed by atoms with van der Waals surface area (Å²) in [7, 11) is -2.12. The molecule has 0 saturated carbocycles. The number of benzene rings is 2. The normalized spacial score (nSPS) is 17.6. The standard InChI is InChI=1S/C30H36N4O5S/c1-39-25-8-5-9-26(20-25)40(37,38)34-16-12-24(13-17-34)19-28-27(29(35)36)21-31-30(32-28)33-14-10-23(11-15-33)18-22-6-3-2-4-7-22/h2-9,20-21,23-24H,10-19H2,1H3,(H,35,36). The van der Waals surface area contributed by atoms with E-state index in [-0.39, 0.29) is 16.4 Å². The molecule has 0 unspecified atom stereocenters. The van der Waals surface area contributed by atoms with Crippen LogP contribution < -0.4 is 9.64 Å². The highest BCUT2D eigenvalue weighted by molar-refractivity contribution is 7.89. The fourth-order valence-corrected chi connectivity index (χ4v) is 7.22. The third-order valence-corrected chi connectivity index (χ3v) is 9.98. The number of carboxylic acids is 1. The maximum Gasteiger partial charge on any atom is 0.339 e. The molecule has 5 rings (SSSR count). The number of ether oxygens (including phenoxy) is 1. The molecule has 2 aliphatic heterocycles. The van der Waals surface area contributed by atoms with Crippen LogP contribution in [0.3, 0.4) is 0 Å². The second-order valence-corrected chi connectivity index (χ2v) is 12.6. The molecule has 40 heavy (non-hydrogen) atoms. The first-order valence-corrected chi connectivity index (χ1v) is 15.3. The molecule has 0 bridgehead atoms. The zero-order valence-corrected chi connectivity index (χ0v) is 23.6. The highest BCUT2D eigenvalue weighted by Crippen LogP contribution is 2.29. The van der Waals surface area contributed by atoms with Crippen LogP contribution in [0.15, 0.2) is 65.7 Å². The number of piperidine rings is 2. The van der Waals surface area contributed by atoms with Crippen molar-refractivity contribution in [1.82, 2.24) is 14.3 Å². The maximum atomic E-state index is 13.2. The lowest BCUT2D eigenvalue weighted by atomic mass is 9.90. The summed E-state index contributed by atoms with van der Waals surface area (Å²) in [4.78, 5) is 23.5. The summed E-state index contributed by atoms with van der Waals surface area (Å²) in [5.41, 5.74) is 2.00. The zero-order chi connectivity index (χ0) is 28.1. The summed E-state index contributed by atoms with van der Waals surface area (Å²) in [6, 6.07) is 17.0. The molecule has 9 nitrogen and oxygen atoms in total. The van der Waals surface area contributed by atoms with Gasteiger partial charge in [0.05, 0.1) is 23.3 Å². The van der Waals surface area contributed by atoms with Gasteiger partial charge in [-0.1, -0.05) is 36.4 Å². The molecule has 3 aromatic rings. The third-order valence-electron chi connectivity index (χ3n) is 8.08. The molecule has 3 heterocycles. The van der Waals surface area contributed by atoms with E-state index < -0.39 is 16.0 Å². The predicted octanol–water partition coefficient (Wildman–Crippen LogP) is 4.29. The predicted molar refractivity (Wildman–Crippen MR) is 152 cm³/mol. The Kier molecular flexibility index (Phi) is 8.66. The van der Waals surface area contributed by atoms with Gasteiger partial charge in [0.25, 0.3) is 0 Å². The zero-order valence-electron chi connectivity index (χ0n) is 22.8. The van der Waals surface area contributed by atoms with Crippen LogP contribution in [-0.2, 0) is 22.9 Å². The molecule has 2 aliphatic rings. The molecule has 0 aliphatic carbocycles. The van der Waals surface area contributed by atoms with E-state index in [1.165, 1.54) is 29.2 Å². The lowest BCUT2D eigenvalue weighted by molar-refractivity contribution is 0.0694. The van der Waals surface area contributed by atoms with Gasteiger partial charge in [-0.25, -0.2) is 23.2 Å². The Morgan fingerprint density at radius 1 is 0.950 bits per heavy atom. The first-order valence-electron chi connectivity index (χ1n) is 13.9. The lowest BCUT2D eigenvalue weighted by Crippen LogP contribution is -2.39. The first-order chi connectivity index (χ1) is 19.3. The fourth-order valence-electron chi connectivity index (χ4n) is 5.72. The Morgan fingerprint density at radius 2 is 1.62 bits per heavy atom. The average Bonchev–Trinajstić information content (AvgIpc) is 2.98. The van der Waals surface area contributed by atoms with Gasteiger partial charge in [-0.15, -0.1) is 0 Å². The number of carbonyl (C=O) groups is 1. The Labute approximate surface area is 235 Å². The van der Waals surface area contributed by atoms with Crippen LogP contribution >= 0.6 is 0 Å². The van der Waals surface area contributed by atoms with Gasteiger partial charge in [0, 0.05) is 38.4 Å². The molecule has 2 fully saturated rings. The van der Waals surface area contributed by atoms with Gasteiger partial charge in [0.1, 0.15) is 5.75 Å². The number of rotatable bonds is 9. The van der Waals surface area contributed by atoms with E-state index in [1.807, 2.05) is 6.07 Å². The van der Waals surface area contributed by atoms with Crippen molar-refractivity contribution in [2.45, 2.75) is 43.4 Å². The molecule has 0 atom stereocenters. The van der Waals surface area contributed by atoms with Gasteiger partial charge in [0.2, 0.25) is 16.0 Å². The summed E-state index contributed by atoms with van der Waals surface area (Å²) < 4.78 is 33.0. The summed E-state index contributed by atoms with van der Waals surface area (Å²) in [6.07, 6.45) is 6.31. The van der Waals surface area contributed by atoms with Crippen LogP contribution in [0.25, 0.3) is 0 Å². The fraction of sp³-hybridized carbons (Fsp3) is 0.433. The SMILES string of the molecule is COc1cccc(S(=O)(=O)N2CCC(Cc3nc(N4CCC(Cc5ccccc5)CC4)ncc3C(=O)O)CC2)c1. The minimum atomic E-state index is -3.63. The molecule has 2 aromatic carbocycles. The van der Waals surface area contributed by atoms with E-state index in [9.17, 15) is 18.3 Å². The Balaban J connectivity index is 1.22. The molecule has 0 spiro atoms. The van der Waals surface area contributed by atoms with E-state index in [2.05, 4.69) is 34.1 Å². The van der Waals surface area contributed by atoms with Crippen molar-refractivity contribution in [1.29, 1.82) is 0 Å². The molecule has 2 saturated heterocycles. The van der Waals surface area contributed by atoms with Crippen LogP contribution in [0.1, 0.15) is 47.3 Å². The van der Waals surface area contributed by atoms with Gasteiger partial charge < -0.3 is 14.7 Å². The van der Waals surface area contributed by atoms with Crippen LogP contribution in [-0.4, -0.2) is 67.1 Å². The minimum Gasteiger partial charge on any atom is -0.497 e. The molecular formula is C30H36N4O5S. The number of hydrogen-bond donors (Lipinski definition) is 1. The van der Waals surface area contributed by atoms with Crippen LogP contribution in [0.2, 0.25) is 0 Å². The van der Waals surface area contributed by atoms with Gasteiger partial charge in [0.15, 0.2) is 0 Å². The first kappa shape index (κ1) is 28.0. The van der Waals surface area contributed by atoms with Crippen molar-refractivity contribution in [3.05, 3.63) is 77.6 Å². The molecule has 1 N–H and O–H groups in total. The van der Waals surface area contributed by atoms with Crippen LogP contribution in [0.5, 0.6) is 5.75 Å². The second-order valence-electron chi connectivity index (χ2n) is 10.7. The van der Waals surface area contributed by atoms with Gasteiger partial charge in [-0.05, 0) is 68.1 Å². The Hall–Kier alpha value is -3.50. The van der Waals surface area contributed by atoms with Crippen molar-refractivity contribution in [2.75, 3.05) is 38.2 Å². The molecule has 0 amide bonds. The van der Waals surface area contributed by atoms with E-state index >= 15 is 0 Å². The monoisotopic (exact) mass is 564 g/mol. The van der Waals surface area contributed by atoms with Crippen LogP contribution in [0.4, 0.5) is 5.95 Å². The van der Waals surface area contributed by atoms with E-state index in [0.717, 1.165) is 32.4 Å². The van der Waals surface area contributed by atoms with Crippen molar-refractivity contribution in [3.63, 3.8) is 0 Å². The number of methoxy groups -OCH3 is 1. The highest BCUT2D eigenvalue weighted by atomic mass is 32.2. The van der Waals surface area contributed by atoms with E-state index in [1.54, 1.807) is 18.2 Å². The van der Waals surface area contributed by atoms with Gasteiger partial charge in [-0.3, -0.25) is 0 Å². The third kappa shape index (κ3) is 6.45. The number of nitrogens with zero attached hydrogens (tertiary/aromatic N) is 4. The molecule has 1 aromatic heterocycles. The average molecular weight is 565 g/mol. The number of hydrogen-bond acceptors (Lipinski definition) is 7. The lowest BCUT2D eigenvalue weighted by Gasteiger charge is -2.33. The van der Waals surface area contributed by atoms with Gasteiger partial charge in [-0.2, -0.15) is 4.31 Å². The summed E-state index contributed by atoms with van der Waals surface area (Å²) in [5, 5.41) is 9.80. The van der Waals surface area contributed by atoms with Crippen molar-refractivity contribution < 1.29 is 23.1 Å². The van der Waals surface area contributed by atoms with E-state index in [4.69, 9.17) is 9.72 Å². The molecule has 0 radical (unpaired) electrons. The number of carboxylic acid groups (broad SMARTS) is 1. The largest absolute Gasteiger partial charge is 0.497 e. The quantitative estimate of drug-likeness (QED) is 0.410.